The van der Waals surface area contributed by atoms with E-state index in [1.165, 1.54) is 0 Å². The van der Waals surface area contributed by atoms with Crippen LogP contribution in [-0.4, -0.2) is 44.1 Å². The van der Waals surface area contributed by atoms with Crippen molar-refractivity contribution >= 4 is 19.1 Å². The molecule has 2 rings (SSSR count). The first-order valence-electron chi connectivity index (χ1n) is 5.72. The summed E-state index contributed by atoms with van der Waals surface area (Å²) in [4.78, 5) is 24.5. The molecule has 0 atom stereocenters. The Kier molecular flexibility index (Phi) is 3.48. The molecule has 1 saturated heterocycles. The van der Waals surface area contributed by atoms with Gasteiger partial charge in [-0.1, -0.05) is 12.8 Å². The summed E-state index contributed by atoms with van der Waals surface area (Å²) in [7, 11) is 1.04. The minimum Gasteiger partial charge on any atom is -0.498 e. The molecule has 0 radical (unpaired) electrons. The fraction of sp³-hybridized carbons (Fsp3) is 0.800. The van der Waals surface area contributed by atoms with Gasteiger partial charge in [-0.05, 0) is 19.9 Å². The molecule has 0 aromatic carbocycles. The number of rotatable bonds is 1. The highest BCUT2D eigenvalue weighted by atomic mass is 16.6. The Hall–Kier alpha value is -1.04. The second-order valence-corrected chi connectivity index (χ2v) is 4.56. The fourth-order valence-electron chi connectivity index (χ4n) is 2.28. The van der Waals surface area contributed by atoms with Gasteiger partial charge in [0.1, 0.15) is 0 Å². The number of carbonyl (C=O) groups excluding carboxylic acids is 2. The minimum atomic E-state index is -0.656. The van der Waals surface area contributed by atoms with Gasteiger partial charge in [0.25, 0.3) is 0 Å². The average molecular weight is 225 g/mol. The van der Waals surface area contributed by atoms with Crippen LogP contribution in [0.15, 0.2) is 0 Å². The summed E-state index contributed by atoms with van der Waals surface area (Å²) in [5, 5.41) is 0. The van der Waals surface area contributed by atoms with Gasteiger partial charge in [-0.15, -0.1) is 0 Å². The average Bonchev–Trinajstić information content (AvgIpc) is 2.66. The maximum Gasteiger partial charge on any atom is 0.601 e. The number of likely N-dealkylation sites (N-methyl/N-ethyl adjacent to an activating group) is 1. The smallest absolute Gasteiger partial charge is 0.498 e. The van der Waals surface area contributed by atoms with Gasteiger partial charge in [0.15, 0.2) is 0 Å². The van der Waals surface area contributed by atoms with Crippen molar-refractivity contribution in [1.29, 1.82) is 0 Å². The summed E-state index contributed by atoms with van der Waals surface area (Å²) in [5.41, 5.74) is 0. The van der Waals surface area contributed by atoms with Gasteiger partial charge in [-0.2, -0.15) is 0 Å². The molecule has 16 heavy (non-hydrogen) atoms. The molecular formula is C10H16BNO4. The zero-order valence-corrected chi connectivity index (χ0v) is 9.48. The van der Waals surface area contributed by atoms with E-state index in [0.29, 0.717) is 0 Å². The summed E-state index contributed by atoms with van der Waals surface area (Å²) in [6.07, 6.45) is 4.19. The summed E-state index contributed by atoms with van der Waals surface area (Å²) in [6, 6.07) is 0. The van der Waals surface area contributed by atoms with Crippen LogP contribution in [0.1, 0.15) is 25.7 Å². The minimum absolute atomic E-state index is 0.151. The SMILES string of the molecule is CN1CC(=O)OB(C2CCCC2)OC(=O)C1. The van der Waals surface area contributed by atoms with Crippen LogP contribution >= 0.6 is 0 Å². The Morgan fingerprint density at radius 3 is 2.12 bits per heavy atom. The molecule has 0 N–H and O–H groups in total. The van der Waals surface area contributed by atoms with Crippen molar-refractivity contribution in [3.05, 3.63) is 0 Å². The molecule has 5 nitrogen and oxygen atoms in total. The fourth-order valence-corrected chi connectivity index (χ4v) is 2.28. The summed E-state index contributed by atoms with van der Waals surface area (Å²) in [6.45, 7) is 0.302. The lowest BCUT2D eigenvalue weighted by Crippen LogP contribution is -2.43. The van der Waals surface area contributed by atoms with Crippen LogP contribution in [0.25, 0.3) is 0 Å². The number of nitrogens with zero attached hydrogens (tertiary/aromatic N) is 1. The summed E-state index contributed by atoms with van der Waals surface area (Å²) in [5.74, 6) is -0.435. The number of carbonyl (C=O) groups is 2. The molecule has 1 aliphatic heterocycles. The maximum atomic E-state index is 11.5. The quantitative estimate of drug-likeness (QED) is 0.606. The highest BCUT2D eigenvalue weighted by Crippen LogP contribution is 2.33. The molecule has 0 amide bonds. The third-order valence-electron chi connectivity index (χ3n) is 3.08. The lowest BCUT2D eigenvalue weighted by Gasteiger charge is -2.24. The highest BCUT2D eigenvalue weighted by molar-refractivity contribution is 6.51. The first-order valence-corrected chi connectivity index (χ1v) is 5.72. The summed E-state index contributed by atoms with van der Waals surface area (Å²) < 4.78 is 10.4. The molecule has 88 valence electrons. The number of hydrogen-bond donors (Lipinski definition) is 0. The normalized spacial score (nSPS) is 24.9. The van der Waals surface area contributed by atoms with E-state index in [1.807, 2.05) is 0 Å². The van der Waals surface area contributed by atoms with Gasteiger partial charge in [0.05, 0.1) is 13.1 Å². The van der Waals surface area contributed by atoms with Gasteiger partial charge in [0, 0.05) is 5.82 Å². The Labute approximate surface area is 95.2 Å². The molecule has 1 heterocycles. The molecule has 1 saturated carbocycles. The lowest BCUT2D eigenvalue weighted by molar-refractivity contribution is -0.146. The van der Waals surface area contributed by atoms with Crippen LogP contribution in [0.5, 0.6) is 0 Å². The van der Waals surface area contributed by atoms with Crippen LogP contribution < -0.4 is 0 Å². The van der Waals surface area contributed by atoms with Crippen LogP contribution in [0, 0.1) is 0 Å². The van der Waals surface area contributed by atoms with Crippen molar-refractivity contribution < 1.29 is 18.9 Å². The largest absolute Gasteiger partial charge is 0.601 e. The second-order valence-electron chi connectivity index (χ2n) is 4.56. The van der Waals surface area contributed by atoms with E-state index >= 15 is 0 Å². The first-order chi connectivity index (χ1) is 7.65. The third kappa shape index (κ3) is 2.75. The molecule has 0 bridgehead atoms. The van der Waals surface area contributed by atoms with Crippen molar-refractivity contribution in [2.24, 2.45) is 0 Å². The second kappa shape index (κ2) is 4.87. The van der Waals surface area contributed by atoms with Crippen LogP contribution in [0.2, 0.25) is 5.82 Å². The Bertz CT molecular complexity index is 271. The molecule has 0 spiro atoms. The van der Waals surface area contributed by atoms with Crippen molar-refractivity contribution in [3.8, 4) is 0 Å². The molecule has 2 fully saturated rings. The first kappa shape index (κ1) is 11.5. The van der Waals surface area contributed by atoms with Crippen molar-refractivity contribution in [2.45, 2.75) is 31.5 Å². The van der Waals surface area contributed by atoms with Crippen molar-refractivity contribution in [3.63, 3.8) is 0 Å². The third-order valence-corrected chi connectivity index (χ3v) is 3.08. The molecule has 0 unspecified atom stereocenters. The molecule has 2 aliphatic rings. The molecule has 6 heteroatoms. The van der Waals surface area contributed by atoms with E-state index in [0.717, 1.165) is 25.7 Å². The number of hydrogen-bond acceptors (Lipinski definition) is 5. The Morgan fingerprint density at radius 2 is 1.62 bits per heavy atom. The molecular weight excluding hydrogens is 209 g/mol. The predicted molar refractivity (Wildman–Crippen MR) is 57.7 cm³/mol. The van der Waals surface area contributed by atoms with Crippen molar-refractivity contribution in [1.82, 2.24) is 4.90 Å². The highest BCUT2D eigenvalue weighted by Gasteiger charge is 2.40. The Balaban J connectivity index is 2.00. The van der Waals surface area contributed by atoms with Crippen LogP contribution in [-0.2, 0) is 18.9 Å². The monoisotopic (exact) mass is 225 g/mol. The van der Waals surface area contributed by atoms with Crippen LogP contribution in [0.4, 0.5) is 0 Å². The Morgan fingerprint density at radius 1 is 1.12 bits per heavy atom. The van der Waals surface area contributed by atoms with E-state index in [2.05, 4.69) is 0 Å². The van der Waals surface area contributed by atoms with E-state index in [-0.39, 0.29) is 30.8 Å². The van der Waals surface area contributed by atoms with Crippen LogP contribution in [0.3, 0.4) is 0 Å². The van der Waals surface area contributed by atoms with Gasteiger partial charge < -0.3 is 9.31 Å². The van der Waals surface area contributed by atoms with Crippen molar-refractivity contribution in [2.75, 3.05) is 20.1 Å². The molecule has 0 aromatic rings. The molecule has 1 aliphatic carbocycles. The maximum absolute atomic E-state index is 11.5. The zero-order chi connectivity index (χ0) is 11.5. The van der Waals surface area contributed by atoms with E-state index in [9.17, 15) is 9.59 Å². The zero-order valence-electron chi connectivity index (χ0n) is 9.48. The predicted octanol–water partition coefficient (Wildman–Crippen LogP) is 0.451. The topological polar surface area (TPSA) is 55.8 Å². The van der Waals surface area contributed by atoms with E-state index < -0.39 is 7.12 Å². The summed E-state index contributed by atoms with van der Waals surface area (Å²) >= 11 is 0. The lowest BCUT2D eigenvalue weighted by atomic mass is 9.70. The van der Waals surface area contributed by atoms with Gasteiger partial charge >= 0.3 is 19.1 Å². The standard InChI is InChI=1S/C10H16BNO4/c1-12-6-9(13)15-11(16-10(14)7-12)8-4-2-3-5-8/h8H,2-7H2,1H3. The van der Waals surface area contributed by atoms with E-state index in [1.54, 1.807) is 11.9 Å². The van der Waals surface area contributed by atoms with Gasteiger partial charge in [-0.3, -0.25) is 14.5 Å². The van der Waals surface area contributed by atoms with E-state index in [4.69, 9.17) is 9.31 Å². The molecule has 0 aromatic heterocycles. The van der Waals surface area contributed by atoms with Gasteiger partial charge in [-0.25, -0.2) is 0 Å². The van der Waals surface area contributed by atoms with Gasteiger partial charge in [0.2, 0.25) is 0 Å².